The summed E-state index contributed by atoms with van der Waals surface area (Å²) >= 11 is 0. The number of nitrogens with one attached hydrogen (secondary N) is 1. The number of anilines is 1. The highest BCUT2D eigenvalue weighted by molar-refractivity contribution is 5.95. The number of halogens is 1. The Labute approximate surface area is 171 Å². The van der Waals surface area contributed by atoms with Crippen molar-refractivity contribution in [1.29, 1.82) is 0 Å². The molecule has 0 atom stereocenters. The standard InChI is InChI=1S/C23H28FN3O2/c1-23(2,14-25)15-27(22(29)18-6-4-7-19(24)12-18)13-16-5-3-8-20(11-16)26-21(28)17-9-10-17/h3-8,11-12,17H,9-10,13-15,25H2,1-2H3,(H,26,28). The van der Waals surface area contributed by atoms with E-state index >= 15 is 0 Å². The van der Waals surface area contributed by atoms with Crippen molar-refractivity contribution in [1.82, 2.24) is 4.90 Å². The van der Waals surface area contributed by atoms with Crippen molar-refractivity contribution in [2.45, 2.75) is 33.2 Å². The Morgan fingerprint density at radius 3 is 2.55 bits per heavy atom. The molecule has 1 saturated carbocycles. The van der Waals surface area contributed by atoms with Gasteiger partial charge in [0, 0.05) is 30.3 Å². The highest BCUT2D eigenvalue weighted by Gasteiger charge is 2.29. The molecular weight excluding hydrogens is 369 g/mol. The van der Waals surface area contributed by atoms with Crippen molar-refractivity contribution in [3.8, 4) is 0 Å². The number of hydrogen-bond donors (Lipinski definition) is 2. The Morgan fingerprint density at radius 2 is 1.90 bits per heavy atom. The Hall–Kier alpha value is -2.73. The summed E-state index contributed by atoms with van der Waals surface area (Å²) in [5, 5.41) is 2.93. The number of nitrogens with zero attached hydrogens (tertiary/aromatic N) is 1. The lowest BCUT2D eigenvalue weighted by Crippen LogP contribution is -2.41. The molecule has 1 fully saturated rings. The van der Waals surface area contributed by atoms with Crippen molar-refractivity contribution in [2.24, 2.45) is 17.1 Å². The van der Waals surface area contributed by atoms with Crippen molar-refractivity contribution >= 4 is 17.5 Å². The number of hydrogen-bond acceptors (Lipinski definition) is 3. The molecule has 2 amide bonds. The largest absolute Gasteiger partial charge is 0.334 e. The van der Waals surface area contributed by atoms with Crippen LogP contribution in [0.4, 0.5) is 10.1 Å². The quantitative estimate of drug-likeness (QED) is 0.711. The minimum atomic E-state index is -0.446. The monoisotopic (exact) mass is 397 g/mol. The van der Waals surface area contributed by atoms with Crippen molar-refractivity contribution < 1.29 is 14.0 Å². The van der Waals surface area contributed by atoms with E-state index in [1.165, 1.54) is 18.2 Å². The van der Waals surface area contributed by atoms with Crippen LogP contribution in [0.15, 0.2) is 48.5 Å². The number of amides is 2. The van der Waals surface area contributed by atoms with E-state index in [0.717, 1.165) is 24.1 Å². The van der Waals surface area contributed by atoms with E-state index in [-0.39, 0.29) is 23.1 Å². The van der Waals surface area contributed by atoms with Gasteiger partial charge in [0.1, 0.15) is 5.82 Å². The van der Waals surface area contributed by atoms with Crippen LogP contribution in [0.3, 0.4) is 0 Å². The fourth-order valence-corrected chi connectivity index (χ4v) is 3.14. The lowest BCUT2D eigenvalue weighted by Gasteiger charge is -2.32. The lowest BCUT2D eigenvalue weighted by molar-refractivity contribution is -0.117. The van der Waals surface area contributed by atoms with E-state index in [0.29, 0.717) is 25.2 Å². The molecule has 0 unspecified atom stereocenters. The molecule has 0 aromatic heterocycles. The second-order valence-electron chi connectivity index (χ2n) is 8.50. The Balaban J connectivity index is 1.80. The predicted molar refractivity (Wildman–Crippen MR) is 112 cm³/mol. The molecule has 0 heterocycles. The molecular formula is C23H28FN3O2. The first-order valence-corrected chi connectivity index (χ1v) is 9.92. The summed E-state index contributed by atoms with van der Waals surface area (Å²) in [6.45, 7) is 5.16. The van der Waals surface area contributed by atoms with Gasteiger partial charge in [-0.05, 0) is 60.7 Å². The first-order valence-electron chi connectivity index (χ1n) is 9.92. The summed E-state index contributed by atoms with van der Waals surface area (Å²) in [6, 6.07) is 13.2. The highest BCUT2D eigenvalue weighted by Crippen LogP contribution is 2.30. The van der Waals surface area contributed by atoms with Gasteiger partial charge in [-0.15, -0.1) is 0 Å². The van der Waals surface area contributed by atoms with E-state index in [1.54, 1.807) is 11.0 Å². The zero-order valence-electron chi connectivity index (χ0n) is 17.0. The number of carbonyl (C=O) groups is 2. The van der Waals surface area contributed by atoms with Gasteiger partial charge in [0.25, 0.3) is 5.91 Å². The molecule has 1 aliphatic carbocycles. The van der Waals surface area contributed by atoms with Gasteiger partial charge >= 0.3 is 0 Å². The minimum absolute atomic E-state index is 0.0408. The first kappa shape index (κ1) is 21.0. The zero-order chi connectivity index (χ0) is 21.0. The molecule has 3 rings (SSSR count). The van der Waals surface area contributed by atoms with Crippen LogP contribution in [0.2, 0.25) is 0 Å². The summed E-state index contributed by atoms with van der Waals surface area (Å²) in [7, 11) is 0. The Bertz CT molecular complexity index is 893. The normalized spacial score (nSPS) is 13.8. The van der Waals surface area contributed by atoms with Crippen LogP contribution in [0.25, 0.3) is 0 Å². The van der Waals surface area contributed by atoms with Gasteiger partial charge in [0.05, 0.1) is 0 Å². The third-order valence-electron chi connectivity index (χ3n) is 5.05. The van der Waals surface area contributed by atoms with Crippen molar-refractivity contribution in [2.75, 3.05) is 18.4 Å². The smallest absolute Gasteiger partial charge is 0.254 e. The number of rotatable bonds is 8. The summed E-state index contributed by atoms with van der Waals surface area (Å²) in [5.74, 6) is -0.536. The van der Waals surface area contributed by atoms with Gasteiger partial charge in [-0.3, -0.25) is 9.59 Å². The molecule has 0 radical (unpaired) electrons. The number of carbonyl (C=O) groups excluding carboxylic acids is 2. The highest BCUT2D eigenvalue weighted by atomic mass is 19.1. The maximum Gasteiger partial charge on any atom is 0.254 e. The molecule has 0 aliphatic heterocycles. The molecule has 29 heavy (non-hydrogen) atoms. The fraction of sp³-hybridized carbons (Fsp3) is 0.391. The average Bonchev–Trinajstić information content (AvgIpc) is 3.52. The molecule has 0 spiro atoms. The zero-order valence-corrected chi connectivity index (χ0v) is 17.0. The molecule has 154 valence electrons. The first-order chi connectivity index (χ1) is 13.8. The topological polar surface area (TPSA) is 75.4 Å². The minimum Gasteiger partial charge on any atom is -0.334 e. The van der Waals surface area contributed by atoms with Gasteiger partial charge in [-0.25, -0.2) is 4.39 Å². The van der Waals surface area contributed by atoms with Gasteiger partial charge in [-0.2, -0.15) is 0 Å². The third-order valence-corrected chi connectivity index (χ3v) is 5.05. The Kier molecular flexibility index (Phi) is 6.33. The van der Waals surface area contributed by atoms with Crippen LogP contribution < -0.4 is 11.1 Å². The molecule has 0 bridgehead atoms. The van der Waals surface area contributed by atoms with E-state index < -0.39 is 5.82 Å². The maximum atomic E-state index is 13.6. The van der Waals surface area contributed by atoms with Crippen LogP contribution in [0.1, 0.15) is 42.6 Å². The van der Waals surface area contributed by atoms with Crippen LogP contribution in [-0.4, -0.2) is 29.8 Å². The van der Waals surface area contributed by atoms with Gasteiger partial charge in [-0.1, -0.05) is 32.0 Å². The van der Waals surface area contributed by atoms with Crippen LogP contribution in [-0.2, 0) is 11.3 Å². The second-order valence-corrected chi connectivity index (χ2v) is 8.50. The summed E-state index contributed by atoms with van der Waals surface area (Å²) in [5.41, 5.74) is 7.49. The summed E-state index contributed by atoms with van der Waals surface area (Å²) in [4.78, 5) is 26.8. The van der Waals surface area contributed by atoms with Crippen LogP contribution >= 0.6 is 0 Å². The fourth-order valence-electron chi connectivity index (χ4n) is 3.14. The van der Waals surface area contributed by atoms with Crippen molar-refractivity contribution in [3.05, 3.63) is 65.5 Å². The predicted octanol–water partition coefficient (Wildman–Crippen LogP) is 3.80. The molecule has 0 saturated heterocycles. The van der Waals surface area contributed by atoms with E-state index in [1.807, 2.05) is 38.1 Å². The van der Waals surface area contributed by atoms with E-state index in [9.17, 15) is 14.0 Å². The van der Waals surface area contributed by atoms with Crippen molar-refractivity contribution in [3.63, 3.8) is 0 Å². The maximum absolute atomic E-state index is 13.6. The molecule has 2 aromatic rings. The molecule has 6 heteroatoms. The molecule has 2 aromatic carbocycles. The van der Waals surface area contributed by atoms with Gasteiger partial charge in [0.15, 0.2) is 0 Å². The lowest BCUT2D eigenvalue weighted by atomic mass is 9.92. The average molecular weight is 397 g/mol. The molecule has 5 nitrogen and oxygen atoms in total. The third kappa shape index (κ3) is 5.87. The van der Waals surface area contributed by atoms with Crippen LogP contribution in [0, 0.1) is 17.2 Å². The second kappa shape index (κ2) is 8.74. The van der Waals surface area contributed by atoms with Gasteiger partial charge < -0.3 is 16.0 Å². The number of benzene rings is 2. The van der Waals surface area contributed by atoms with Gasteiger partial charge in [0.2, 0.25) is 5.91 Å². The summed E-state index contributed by atoms with van der Waals surface area (Å²) in [6.07, 6.45) is 1.88. The van der Waals surface area contributed by atoms with Crippen LogP contribution in [0.5, 0.6) is 0 Å². The SMILES string of the molecule is CC(C)(CN)CN(Cc1cccc(NC(=O)C2CC2)c1)C(=O)c1cccc(F)c1. The molecule has 1 aliphatic rings. The summed E-state index contributed by atoms with van der Waals surface area (Å²) < 4.78 is 13.6. The molecule has 3 N–H and O–H groups in total. The Morgan fingerprint density at radius 1 is 1.17 bits per heavy atom. The van der Waals surface area contributed by atoms with E-state index in [4.69, 9.17) is 5.73 Å². The van der Waals surface area contributed by atoms with E-state index in [2.05, 4.69) is 5.32 Å². The number of nitrogens with two attached hydrogens (primary N) is 1.